The Morgan fingerprint density at radius 2 is 1.07 bits per heavy atom. The molecule has 0 fully saturated rings. The van der Waals surface area contributed by atoms with Crippen molar-refractivity contribution >= 4 is 49.3 Å². The van der Waals surface area contributed by atoms with Crippen LogP contribution in [0.2, 0.25) is 0 Å². The van der Waals surface area contributed by atoms with Gasteiger partial charge in [-0.1, -0.05) is 164 Å². The highest BCUT2D eigenvalue weighted by Gasteiger charge is 2.23. The van der Waals surface area contributed by atoms with Crippen LogP contribution < -0.4 is 0 Å². The van der Waals surface area contributed by atoms with E-state index < -0.39 is 0 Å². The van der Waals surface area contributed by atoms with Crippen LogP contribution in [0.25, 0.3) is 123 Å². The normalized spacial score (nSPS) is 12.6. The van der Waals surface area contributed by atoms with Crippen molar-refractivity contribution in [3.8, 4) is 73.4 Å². The molecule has 0 aliphatic heterocycles. The molecule has 0 amide bonds. The second kappa shape index (κ2) is 16.5. The fraction of sp³-hybridized carbons (Fsp3) is 0.0323. The average molecular weight is 872 g/mol. The molecule has 6 heteroatoms. The molecule has 0 radical (unpaired) electrons. The van der Waals surface area contributed by atoms with Gasteiger partial charge in [-0.15, -0.1) is 0 Å². The second-order valence-corrected chi connectivity index (χ2v) is 17.3. The van der Waals surface area contributed by atoms with Crippen LogP contribution in [0.4, 0.5) is 0 Å². The number of nitrogens with zero attached hydrogens (tertiary/aromatic N) is 5. The van der Waals surface area contributed by atoms with E-state index in [-0.39, 0.29) is 0 Å². The lowest BCUT2D eigenvalue weighted by molar-refractivity contribution is 0.669. The first kappa shape index (κ1) is 39.4. The quantitative estimate of drug-likeness (QED) is 0.152. The Labute approximate surface area is 392 Å². The third-order valence-electron chi connectivity index (χ3n) is 13.2. The molecule has 13 rings (SSSR count). The van der Waals surface area contributed by atoms with Crippen LogP contribution in [0.15, 0.2) is 229 Å². The molecule has 0 atom stereocenters. The summed E-state index contributed by atoms with van der Waals surface area (Å²) in [5.74, 6) is 1.70. The number of furan rings is 1. The molecule has 6 nitrogen and oxygen atoms in total. The van der Waals surface area contributed by atoms with E-state index in [0.29, 0.717) is 17.5 Å². The topological polar surface area (TPSA) is 69.6 Å². The Hall–Kier alpha value is -9.00. The number of hydrogen-bond acceptors (Lipinski definition) is 5. The van der Waals surface area contributed by atoms with Crippen molar-refractivity contribution < 1.29 is 4.42 Å². The summed E-state index contributed by atoms with van der Waals surface area (Å²) in [6.07, 6.45) is 10.7. The second-order valence-electron chi connectivity index (χ2n) is 17.3. The Morgan fingerprint density at radius 1 is 0.426 bits per heavy atom. The molecule has 1 aliphatic carbocycles. The molecule has 0 spiro atoms. The molecule has 0 unspecified atom stereocenters. The van der Waals surface area contributed by atoms with Crippen LogP contribution in [-0.2, 0) is 0 Å². The number of rotatable bonds is 8. The number of hydrogen-bond donors (Lipinski definition) is 0. The fourth-order valence-corrected chi connectivity index (χ4v) is 9.97. The third-order valence-corrected chi connectivity index (χ3v) is 13.2. The zero-order valence-electron chi connectivity index (χ0n) is 36.9. The first-order valence-electron chi connectivity index (χ1n) is 23.1. The molecule has 1 aliphatic rings. The number of benzene rings is 8. The van der Waals surface area contributed by atoms with E-state index in [9.17, 15) is 0 Å². The molecule has 0 bridgehead atoms. The summed E-state index contributed by atoms with van der Waals surface area (Å²) >= 11 is 0. The summed E-state index contributed by atoms with van der Waals surface area (Å²) in [7, 11) is 0. The predicted octanol–water partition coefficient (Wildman–Crippen LogP) is 16.0. The molecule has 4 heterocycles. The minimum atomic E-state index is 0.529. The van der Waals surface area contributed by atoms with Crippen molar-refractivity contribution in [3.63, 3.8) is 0 Å². The maximum atomic E-state index is 6.81. The van der Waals surface area contributed by atoms with Crippen molar-refractivity contribution in [1.82, 2.24) is 24.5 Å². The van der Waals surface area contributed by atoms with Gasteiger partial charge in [-0.3, -0.25) is 4.98 Å². The zero-order chi connectivity index (χ0) is 45.0. The van der Waals surface area contributed by atoms with Crippen LogP contribution in [0.1, 0.15) is 18.4 Å². The number of allylic oxidation sites excluding steroid dienone is 4. The summed E-state index contributed by atoms with van der Waals surface area (Å²) < 4.78 is 9.15. The number of para-hydroxylation sites is 2. The molecule has 320 valence electrons. The molecule has 0 saturated carbocycles. The van der Waals surface area contributed by atoms with E-state index in [0.717, 1.165) is 90.6 Å². The van der Waals surface area contributed by atoms with Crippen LogP contribution >= 0.6 is 0 Å². The standard InChI is InChI=1S/C62H41N5O/c1-6-18-40(19-7-1)48-32-30-44(36-51(48)41-20-8-2-9-21-41)46-37-52(62-65-60(42-22-10-3-11-23-42)64-61(66-62)43-24-12-4-13-25-43)59(63-39-46)45-31-33-50-56(38-45)68-55-35-34-54-57(58(50)55)49-28-16-17-29-53(49)67(54)47-26-14-5-15-27-47/h1-6,8-18,20-39H,7,19H2. The molecule has 12 aromatic rings. The van der Waals surface area contributed by atoms with Gasteiger partial charge in [-0.2, -0.15) is 0 Å². The maximum absolute atomic E-state index is 6.81. The molecule has 68 heavy (non-hydrogen) atoms. The van der Waals surface area contributed by atoms with Crippen LogP contribution in [-0.4, -0.2) is 24.5 Å². The smallest absolute Gasteiger partial charge is 0.166 e. The van der Waals surface area contributed by atoms with Crippen molar-refractivity contribution in [3.05, 3.63) is 230 Å². The van der Waals surface area contributed by atoms with E-state index in [1.807, 2.05) is 66.9 Å². The van der Waals surface area contributed by atoms with Crippen molar-refractivity contribution in [2.45, 2.75) is 12.8 Å². The molecule has 0 saturated heterocycles. The van der Waals surface area contributed by atoms with Gasteiger partial charge in [0.2, 0.25) is 0 Å². The number of fused-ring (bicyclic) bond motifs is 7. The minimum absolute atomic E-state index is 0.529. The summed E-state index contributed by atoms with van der Waals surface area (Å²) in [5.41, 5.74) is 16.2. The summed E-state index contributed by atoms with van der Waals surface area (Å²) in [4.78, 5) is 20.9. The average Bonchev–Trinajstić information content (AvgIpc) is 3.97. The van der Waals surface area contributed by atoms with Gasteiger partial charge in [0.15, 0.2) is 17.5 Å². The molecular weight excluding hydrogens is 831 g/mol. The van der Waals surface area contributed by atoms with Gasteiger partial charge in [0.25, 0.3) is 0 Å². The first-order chi connectivity index (χ1) is 33.7. The summed E-state index contributed by atoms with van der Waals surface area (Å²) in [6.45, 7) is 0. The lowest BCUT2D eigenvalue weighted by Crippen LogP contribution is -2.02. The van der Waals surface area contributed by atoms with Gasteiger partial charge in [0.05, 0.1) is 16.7 Å². The highest BCUT2D eigenvalue weighted by molar-refractivity contribution is 6.27. The van der Waals surface area contributed by atoms with Gasteiger partial charge >= 0.3 is 0 Å². The van der Waals surface area contributed by atoms with Crippen molar-refractivity contribution in [2.75, 3.05) is 0 Å². The highest BCUT2D eigenvalue weighted by Crippen LogP contribution is 2.44. The summed E-state index contributed by atoms with van der Waals surface area (Å²) in [6, 6.07) is 69.8. The van der Waals surface area contributed by atoms with Crippen molar-refractivity contribution in [2.24, 2.45) is 0 Å². The van der Waals surface area contributed by atoms with Gasteiger partial charge in [-0.25, -0.2) is 15.0 Å². The van der Waals surface area contributed by atoms with Gasteiger partial charge in [-0.05, 0) is 95.3 Å². The predicted molar refractivity (Wildman–Crippen MR) is 278 cm³/mol. The van der Waals surface area contributed by atoms with Gasteiger partial charge < -0.3 is 8.98 Å². The van der Waals surface area contributed by atoms with Crippen molar-refractivity contribution in [1.29, 1.82) is 0 Å². The largest absolute Gasteiger partial charge is 0.456 e. The first-order valence-corrected chi connectivity index (χ1v) is 23.1. The molecule has 8 aromatic carbocycles. The van der Waals surface area contributed by atoms with E-state index in [2.05, 4.69) is 162 Å². The van der Waals surface area contributed by atoms with E-state index in [4.69, 9.17) is 24.4 Å². The van der Waals surface area contributed by atoms with Gasteiger partial charge in [0.1, 0.15) is 11.2 Å². The maximum Gasteiger partial charge on any atom is 0.166 e. The zero-order valence-corrected chi connectivity index (χ0v) is 36.9. The van der Waals surface area contributed by atoms with Crippen LogP contribution in [0, 0.1) is 0 Å². The Balaban J connectivity index is 1.03. The highest BCUT2D eigenvalue weighted by atomic mass is 16.3. The lowest BCUT2D eigenvalue weighted by atomic mass is 9.88. The van der Waals surface area contributed by atoms with Gasteiger partial charge in [0, 0.05) is 61.2 Å². The van der Waals surface area contributed by atoms with E-state index >= 15 is 0 Å². The Bertz CT molecular complexity index is 3890. The van der Waals surface area contributed by atoms with Crippen LogP contribution in [0.3, 0.4) is 0 Å². The fourth-order valence-electron chi connectivity index (χ4n) is 9.97. The third kappa shape index (κ3) is 6.81. The number of pyridine rings is 1. The lowest BCUT2D eigenvalue weighted by Gasteiger charge is -2.17. The number of aromatic nitrogens is 5. The SMILES string of the molecule is C1=CCCC(c2ccc(-c3cnc(-c4ccc5c(c4)oc4ccc6c(c7ccccc7n6-c6ccccc6)c45)c(-c4nc(-c5ccccc5)nc(-c5ccccc5)n4)c3)cc2-c2ccccc2)=C1. The molecule has 0 N–H and O–H groups in total. The van der Waals surface area contributed by atoms with E-state index in [1.54, 1.807) is 0 Å². The Kier molecular flexibility index (Phi) is 9.53. The monoisotopic (exact) mass is 871 g/mol. The minimum Gasteiger partial charge on any atom is -0.456 e. The molecule has 4 aromatic heterocycles. The Morgan fingerprint density at radius 3 is 1.79 bits per heavy atom. The molecular formula is C62H41N5O. The van der Waals surface area contributed by atoms with E-state index in [1.165, 1.54) is 33.0 Å². The van der Waals surface area contributed by atoms with Crippen LogP contribution in [0.5, 0.6) is 0 Å². The summed E-state index contributed by atoms with van der Waals surface area (Å²) in [5, 5.41) is 4.48.